The van der Waals surface area contributed by atoms with Crippen molar-refractivity contribution in [2.45, 2.75) is 20.8 Å². The van der Waals surface area contributed by atoms with E-state index in [2.05, 4.69) is 15.5 Å². The van der Waals surface area contributed by atoms with Crippen LogP contribution in [-0.4, -0.2) is 5.91 Å². The van der Waals surface area contributed by atoms with Gasteiger partial charge in [0.25, 0.3) is 0 Å². The van der Waals surface area contributed by atoms with Gasteiger partial charge in [-0.3, -0.25) is 4.79 Å². The second-order valence-corrected chi connectivity index (χ2v) is 4.67. The monoisotopic (exact) mass is 267 g/mol. The number of rotatable bonds is 3. The first-order valence-corrected chi connectivity index (χ1v) is 6.42. The Morgan fingerprint density at radius 3 is 2.30 bits per heavy atom. The fourth-order valence-corrected chi connectivity index (χ4v) is 1.78. The van der Waals surface area contributed by atoms with Crippen LogP contribution in [0, 0.1) is 13.8 Å². The van der Waals surface area contributed by atoms with Crippen LogP contribution < -0.4 is 5.32 Å². The van der Waals surface area contributed by atoms with Crippen LogP contribution in [0.15, 0.2) is 52.7 Å². The van der Waals surface area contributed by atoms with E-state index < -0.39 is 0 Å². The standard InChI is InChI=1S/C16H17N3O/c1-11-9-15(17-13(3)20)16(10-12(11)2)19-18-14-7-5-4-6-8-14/h4-10H,1-3H3,(H,17,20). The van der Waals surface area contributed by atoms with Gasteiger partial charge in [-0.15, -0.1) is 5.11 Å². The molecule has 2 rings (SSSR count). The lowest BCUT2D eigenvalue weighted by Gasteiger charge is -2.09. The lowest BCUT2D eigenvalue weighted by molar-refractivity contribution is -0.114. The summed E-state index contributed by atoms with van der Waals surface area (Å²) in [6.45, 7) is 5.49. The van der Waals surface area contributed by atoms with Crippen LogP contribution in [0.1, 0.15) is 18.1 Å². The van der Waals surface area contributed by atoms with Crippen molar-refractivity contribution < 1.29 is 4.79 Å². The largest absolute Gasteiger partial charge is 0.324 e. The summed E-state index contributed by atoms with van der Waals surface area (Å²) in [6, 6.07) is 13.3. The molecule has 2 aromatic carbocycles. The van der Waals surface area contributed by atoms with Crippen LogP contribution in [0.25, 0.3) is 0 Å². The highest BCUT2D eigenvalue weighted by Crippen LogP contribution is 2.30. The quantitative estimate of drug-likeness (QED) is 0.807. The van der Waals surface area contributed by atoms with Crippen molar-refractivity contribution >= 4 is 23.0 Å². The average molecular weight is 267 g/mol. The van der Waals surface area contributed by atoms with Crippen molar-refractivity contribution in [1.82, 2.24) is 0 Å². The molecule has 0 saturated carbocycles. The Labute approximate surface area is 118 Å². The summed E-state index contributed by atoms with van der Waals surface area (Å²) in [4.78, 5) is 11.3. The predicted molar refractivity (Wildman–Crippen MR) is 80.8 cm³/mol. The number of carbonyl (C=O) groups excluding carboxylic acids is 1. The first kappa shape index (κ1) is 13.9. The van der Waals surface area contributed by atoms with E-state index in [1.807, 2.05) is 56.3 Å². The highest BCUT2D eigenvalue weighted by molar-refractivity contribution is 5.92. The molecule has 0 aliphatic carbocycles. The molecule has 1 amide bonds. The van der Waals surface area contributed by atoms with Gasteiger partial charge in [-0.05, 0) is 49.2 Å². The van der Waals surface area contributed by atoms with Gasteiger partial charge in [0.2, 0.25) is 5.91 Å². The number of anilines is 1. The second kappa shape index (κ2) is 6.10. The van der Waals surface area contributed by atoms with Gasteiger partial charge in [0.05, 0.1) is 11.4 Å². The first-order valence-electron chi connectivity index (χ1n) is 6.42. The van der Waals surface area contributed by atoms with E-state index in [9.17, 15) is 4.79 Å². The smallest absolute Gasteiger partial charge is 0.221 e. The minimum Gasteiger partial charge on any atom is -0.324 e. The number of benzene rings is 2. The third-order valence-corrected chi connectivity index (χ3v) is 2.95. The molecule has 4 nitrogen and oxygen atoms in total. The first-order chi connectivity index (χ1) is 9.56. The lowest BCUT2D eigenvalue weighted by Crippen LogP contribution is -2.06. The Morgan fingerprint density at radius 1 is 1.00 bits per heavy atom. The maximum Gasteiger partial charge on any atom is 0.221 e. The van der Waals surface area contributed by atoms with E-state index in [1.54, 1.807) is 0 Å². The third kappa shape index (κ3) is 3.51. The van der Waals surface area contributed by atoms with Crippen molar-refractivity contribution in [1.29, 1.82) is 0 Å². The minimum atomic E-state index is -0.121. The molecule has 102 valence electrons. The van der Waals surface area contributed by atoms with Crippen molar-refractivity contribution in [2.75, 3.05) is 5.32 Å². The Morgan fingerprint density at radius 2 is 1.65 bits per heavy atom. The maximum atomic E-state index is 11.3. The van der Waals surface area contributed by atoms with Gasteiger partial charge in [-0.25, -0.2) is 0 Å². The molecule has 0 heterocycles. The minimum absolute atomic E-state index is 0.121. The number of azo groups is 1. The Balaban J connectivity index is 2.37. The highest BCUT2D eigenvalue weighted by Gasteiger charge is 2.06. The SMILES string of the molecule is CC(=O)Nc1cc(C)c(C)cc1N=Nc1ccccc1. The summed E-state index contributed by atoms with van der Waals surface area (Å²) < 4.78 is 0. The van der Waals surface area contributed by atoms with E-state index in [0.717, 1.165) is 16.8 Å². The van der Waals surface area contributed by atoms with E-state index >= 15 is 0 Å². The molecule has 4 heteroatoms. The van der Waals surface area contributed by atoms with Crippen LogP contribution >= 0.6 is 0 Å². The van der Waals surface area contributed by atoms with Gasteiger partial charge in [0, 0.05) is 6.92 Å². The molecule has 0 atom stereocenters. The zero-order valence-corrected chi connectivity index (χ0v) is 11.8. The van der Waals surface area contributed by atoms with E-state index in [1.165, 1.54) is 6.92 Å². The van der Waals surface area contributed by atoms with E-state index in [-0.39, 0.29) is 5.91 Å². The summed E-state index contributed by atoms with van der Waals surface area (Å²) in [7, 11) is 0. The number of amides is 1. The van der Waals surface area contributed by atoms with Gasteiger partial charge in [-0.2, -0.15) is 5.11 Å². The van der Waals surface area contributed by atoms with E-state index in [0.29, 0.717) is 11.4 Å². The van der Waals surface area contributed by atoms with Gasteiger partial charge < -0.3 is 5.32 Å². The van der Waals surface area contributed by atoms with Gasteiger partial charge in [0.1, 0.15) is 5.69 Å². The molecule has 0 aliphatic rings. The zero-order chi connectivity index (χ0) is 14.5. The molecule has 0 unspecified atom stereocenters. The van der Waals surface area contributed by atoms with Gasteiger partial charge in [0.15, 0.2) is 0 Å². The second-order valence-electron chi connectivity index (χ2n) is 4.67. The number of carbonyl (C=O) groups is 1. The highest BCUT2D eigenvalue weighted by atomic mass is 16.1. The fraction of sp³-hybridized carbons (Fsp3) is 0.188. The molecule has 0 fully saturated rings. The Bertz CT molecular complexity index is 648. The average Bonchev–Trinajstić information content (AvgIpc) is 2.42. The molecule has 0 bridgehead atoms. The molecule has 0 saturated heterocycles. The predicted octanol–water partition coefficient (Wildman–Crippen LogP) is 4.68. The molecular formula is C16H17N3O. The number of nitrogens with one attached hydrogen (secondary N) is 1. The maximum absolute atomic E-state index is 11.3. The molecule has 0 radical (unpaired) electrons. The number of hydrogen-bond acceptors (Lipinski definition) is 3. The zero-order valence-electron chi connectivity index (χ0n) is 11.8. The fourth-order valence-electron chi connectivity index (χ4n) is 1.78. The van der Waals surface area contributed by atoms with E-state index in [4.69, 9.17) is 0 Å². The molecule has 0 spiro atoms. The topological polar surface area (TPSA) is 53.8 Å². The molecule has 20 heavy (non-hydrogen) atoms. The summed E-state index contributed by atoms with van der Waals surface area (Å²) in [5, 5.41) is 11.2. The summed E-state index contributed by atoms with van der Waals surface area (Å²) in [6.07, 6.45) is 0. The lowest BCUT2D eigenvalue weighted by atomic mass is 10.1. The summed E-state index contributed by atoms with van der Waals surface area (Å²) >= 11 is 0. The summed E-state index contributed by atoms with van der Waals surface area (Å²) in [5.74, 6) is -0.121. The van der Waals surface area contributed by atoms with Crippen LogP contribution in [0.3, 0.4) is 0 Å². The summed E-state index contributed by atoms with van der Waals surface area (Å²) in [5.41, 5.74) is 4.33. The van der Waals surface area contributed by atoms with Crippen molar-refractivity contribution in [3.05, 3.63) is 53.6 Å². The van der Waals surface area contributed by atoms with Crippen LogP contribution in [0.5, 0.6) is 0 Å². The Hall–Kier alpha value is -2.49. The van der Waals surface area contributed by atoms with Crippen LogP contribution in [-0.2, 0) is 4.79 Å². The number of hydrogen-bond donors (Lipinski definition) is 1. The van der Waals surface area contributed by atoms with Gasteiger partial charge >= 0.3 is 0 Å². The van der Waals surface area contributed by atoms with Crippen molar-refractivity contribution in [3.63, 3.8) is 0 Å². The van der Waals surface area contributed by atoms with Crippen LogP contribution in [0.4, 0.5) is 17.1 Å². The molecule has 0 aromatic heterocycles. The molecule has 2 aromatic rings. The van der Waals surface area contributed by atoms with Crippen LogP contribution in [0.2, 0.25) is 0 Å². The van der Waals surface area contributed by atoms with Crippen molar-refractivity contribution in [3.8, 4) is 0 Å². The molecule has 0 aliphatic heterocycles. The molecule has 1 N–H and O–H groups in total. The van der Waals surface area contributed by atoms with Crippen molar-refractivity contribution in [2.24, 2.45) is 10.2 Å². The Kier molecular flexibility index (Phi) is 4.25. The normalized spacial score (nSPS) is 10.8. The third-order valence-electron chi connectivity index (χ3n) is 2.95. The van der Waals surface area contributed by atoms with Gasteiger partial charge in [-0.1, -0.05) is 18.2 Å². The molecular weight excluding hydrogens is 250 g/mol. The number of nitrogens with zero attached hydrogens (tertiary/aromatic N) is 2. The number of aryl methyl sites for hydroxylation is 2.